The largest absolute Gasteiger partial charge is 0.368 e. The summed E-state index contributed by atoms with van der Waals surface area (Å²) < 4.78 is 5.58. The third-order valence-electron chi connectivity index (χ3n) is 4.90. The van der Waals surface area contributed by atoms with E-state index in [1.54, 1.807) is 7.11 Å². The number of rotatable bonds is 4. The lowest BCUT2D eigenvalue weighted by Gasteiger charge is -2.35. The number of carbonyl (C=O) groups excluding carboxylic acids is 1. The van der Waals surface area contributed by atoms with Crippen molar-refractivity contribution in [3.8, 4) is 0 Å². The topological polar surface area (TPSA) is 62.4 Å². The minimum absolute atomic E-state index is 0.0151. The van der Waals surface area contributed by atoms with Crippen LogP contribution in [-0.2, 0) is 16.0 Å². The van der Waals surface area contributed by atoms with E-state index in [0.29, 0.717) is 6.54 Å². The van der Waals surface area contributed by atoms with Gasteiger partial charge in [0.05, 0.1) is 0 Å². The molecule has 0 spiro atoms. The molecule has 1 saturated heterocycles. The number of benzene rings is 1. The Hall–Kier alpha value is -1.43. The van der Waals surface area contributed by atoms with Gasteiger partial charge in [-0.2, -0.15) is 0 Å². The van der Waals surface area contributed by atoms with E-state index < -0.39 is 5.60 Å². The normalized spacial score (nSPS) is 23.6. The number of amides is 1. The van der Waals surface area contributed by atoms with Gasteiger partial charge in [-0.05, 0) is 50.0 Å². The molecule has 1 aromatic rings. The van der Waals surface area contributed by atoms with E-state index >= 15 is 0 Å². The number of nitrogens with one attached hydrogen (secondary N) is 3. The Kier molecular flexibility index (Phi) is 4.76. The van der Waals surface area contributed by atoms with Crippen LogP contribution in [0, 0.1) is 0 Å². The molecule has 1 atom stereocenters. The van der Waals surface area contributed by atoms with Crippen molar-refractivity contribution in [2.75, 3.05) is 33.3 Å². The van der Waals surface area contributed by atoms with Gasteiger partial charge in [0.25, 0.3) is 5.91 Å². The average Bonchev–Trinajstić information content (AvgIpc) is 2.60. The zero-order valence-corrected chi connectivity index (χ0v) is 13.2. The first-order valence-electron chi connectivity index (χ1n) is 8.10. The Balaban J connectivity index is 1.64. The van der Waals surface area contributed by atoms with E-state index in [4.69, 9.17) is 4.74 Å². The summed E-state index contributed by atoms with van der Waals surface area (Å²) in [5, 5.41) is 9.87. The number of piperidine rings is 1. The SMILES string of the molecule is COC1(C(=O)NCC2NCCc3ccccc32)CCNCC1. The molecule has 0 saturated carbocycles. The Morgan fingerprint density at radius 1 is 1.32 bits per heavy atom. The molecule has 22 heavy (non-hydrogen) atoms. The van der Waals surface area contributed by atoms with Crippen molar-refractivity contribution in [1.82, 2.24) is 16.0 Å². The zero-order chi connectivity index (χ0) is 15.4. The molecule has 1 aromatic carbocycles. The molecule has 2 heterocycles. The number of methoxy groups -OCH3 is 1. The highest BCUT2D eigenvalue weighted by atomic mass is 16.5. The summed E-state index contributed by atoms with van der Waals surface area (Å²) in [6, 6.07) is 8.65. The number of ether oxygens (including phenoxy) is 1. The van der Waals surface area contributed by atoms with Crippen LogP contribution in [0.4, 0.5) is 0 Å². The van der Waals surface area contributed by atoms with Crippen LogP contribution < -0.4 is 16.0 Å². The first kappa shape index (κ1) is 15.5. The molecule has 5 heteroatoms. The van der Waals surface area contributed by atoms with Crippen LogP contribution in [0.25, 0.3) is 0 Å². The predicted molar refractivity (Wildman–Crippen MR) is 85.7 cm³/mol. The Labute approximate surface area is 131 Å². The van der Waals surface area contributed by atoms with Gasteiger partial charge >= 0.3 is 0 Å². The molecule has 1 fully saturated rings. The fourth-order valence-corrected chi connectivity index (χ4v) is 3.49. The van der Waals surface area contributed by atoms with Crippen LogP contribution in [0.1, 0.15) is 30.0 Å². The smallest absolute Gasteiger partial charge is 0.252 e. The second-order valence-corrected chi connectivity index (χ2v) is 6.11. The fraction of sp³-hybridized carbons (Fsp3) is 0.588. The van der Waals surface area contributed by atoms with Gasteiger partial charge in [0.1, 0.15) is 5.60 Å². The van der Waals surface area contributed by atoms with Crippen LogP contribution in [-0.4, -0.2) is 44.8 Å². The lowest BCUT2D eigenvalue weighted by Crippen LogP contribution is -2.55. The summed E-state index contributed by atoms with van der Waals surface area (Å²) in [6.07, 6.45) is 2.50. The maximum atomic E-state index is 12.6. The molecular formula is C17H25N3O2. The monoisotopic (exact) mass is 303 g/mol. The molecule has 2 aliphatic rings. The maximum absolute atomic E-state index is 12.6. The molecule has 5 nitrogen and oxygen atoms in total. The Morgan fingerprint density at radius 3 is 2.86 bits per heavy atom. The maximum Gasteiger partial charge on any atom is 0.252 e. The molecule has 0 aromatic heterocycles. The highest BCUT2D eigenvalue weighted by molar-refractivity contribution is 5.85. The fourth-order valence-electron chi connectivity index (χ4n) is 3.49. The van der Waals surface area contributed by atoms with Gasteiger partial charge in [-0.1, -0.05) is 24.3 Å². The third kappa shape index (κ3) is 3.02. The van der Waals surface area contributed by atoms with Gasteiger partial charge in [-0.25, -0.2) is 0 Å². The molecule has 1 amide bonds. The molecule has 0 radical (unpaired) electrons. The second kappa shape index (κ2) is 6.77. The van der Waals surface area contributed by atoms with E-state index in [-0.39, 0.29) is 11.9 Å². The molecule has 2 aliphatic heterocycles. The minimum Gasteiger partial charge on any atom is -0.368 e. The molecule has 120 valence electrons. The van der Waals surface area contributed by atoms with E-state index in [1.807, 2.05) is 0 Å². The van der Waals surface area contributed by atoms with Gasteiger partial charge in [-0.15, -0.1) is 0 Å². The quantitative estimate of drug-likeness (QED) is 0.768. The molecule has 0 aliphatic carbocycles. The van der Waals surface area contributed by atoms with Crippen molar-refractivity contribution in [2.45, 2.75) is 30.9 Å². The molecule has 0 bridgehead atoms. The first-order valence-corrected chi connectivity index (χ1v) is 8.10. The predicted octanol–water partition coefficient (Wildman–Crippen LogP) is 0.758. The highest BCUT2D eigenvalue weighted by Crippen LogP contribution is 2.24. The van der Waals surface area contributed by atoms with Crippen molar-refractivity contribution in [1.29, 1.82) is 0 Å². The van der Waals surface area contributed by atoms with E-state index in [1.165, 1.54) is 11.1 Å². The second-order valence-electron chi connectivity index (χ2n) is 6.11. The zero-order valence-electron chi connectivity index (χ0n) is 13.2. The standard InChI is InChI=1S/C17H25N3O2/c1-22-17(7-10-18-11-8-17)16(21)20-12-15-14-5-3-2-4-13(14)6-9-19-15/h2-5,15,18-19H,6-12H2,1H3,(H,20,21). The van der Waals surface area contributed by atoms with Crippen molar-refractivity contribution in [3.05, 3.63) is 35.4 Å². The summed E-state index contributed by atoms with van der Waals surface area (Å²) in [4.78, 5) is 12.6. The summed E-state index contributed by atoms with van der Waals surface area (Å²) >= 11 is 0. The van der Waals surface area contributed by atoms with Crippen LogP contribution in [0.15, 0.2) is 24.3 Å². The van der Waals surface area contributed by atoms with E-state index in [2.05, 4.69) is 40.2 Å². The minimum atomic E-state index is -0.667. The number of fused-ring (bicyclic) bond motifs is 1. The van der Waals surface area contributed by atoms with Crippen LogP contribution in [0.3, 0.4) is 0 Å². The third-order valence-corrected chi connectivity index (χ3v) is 4.90. The van der Waals surface area contributed by atoms with Crippen LogP contribution in [0.2, 0.25) is 0 Å². The Bertz CT molecular complexity index is 526. The van der Waals surface area contributed by atoms with E-state index in [0.717, 1.165) is 38.9 Å². The number of hydrogen-bond acceptors (Lipinski definition) is 4. The summed E-state index contributed by atoms with van der Waals surface area (Å²) in [7, 11) is 1.64. The summed E-state index contributed by atoms with van der Waals surface area (Å²) in [6.45, 7) is 3.21. The van der Waals surface area contributed by atoms with Gasteiger partial charge in [0.15, 0.2) is 0 Å². The number of carbonyl (C=O) groups is 1. The molecule has 3 N–H and O–H groups in total. The van der Waals surface area contributed by atoms with Crippen LogP contribution >= 0.6 is 0 Å². The molecule has 3 rings (SSSR count). The lowest BCUT2D eigenvalue weighted by molar-refractivity contribution is -0.146. The lowest BCUT2D eigenvalue weighted by atomic mass is 9.90. The molecule has 1 unspecified atom stereocenters. The number of hydrogen-bond donors (Lipinski definition) is 3. The van der Waals surface area contributed by atoms with Crippen molar-refractivity contribution < 1.29 is 9.53 Å². The van der Waals surface area contributed by atoms with E-state index in [9.17, 15) is 4.79 Å². The van der Waals surface area contributed by atoms with Crippen molar-refractivity contribution >= 4 is 5.91 Å². The summed E-state index contributed by atoms with van der Waals surface area (Å²) in [5.74, 6) is 0.0151. The van der Waals surface area contributed by atoms with Gasteiger partial charge < -0.3 is 20.7 Å². The van der Waals surface area contributed by atoms with Gasteiger partial charge in [0, 0.05) is 19.7 Å². The van der Waals surface area contributed by atoms with Crippen molar-refractivity contribution in [3.63, 3.8) is 0 Å². The van der Waals surface area contributed by atoms with Gasteiger partial charge in [0.2, 0.25) is 0 Å². The van der Waals surface area contributed by atoms with Crippen LogP contribution in [0.5, 0.6) is 0 Å². The highest BCUT2D eigenvalue weighted by Gasteiger charge is 2.39. The first-order chi connectivity index (χ1) is 10.7. The van der Waals surface area contributed by atoms with Gasteiger partial charge in [-0.3, -0.25) is 4.79 Å². The molecular weight excluding hydrogens is 278 g/mol. The average molecular weight is 303 g/mol. The summed E-state index contributed by atoms with van der Waals surface area (Å²) in [5.41, 5.74) is 2.01. The van der Waals surface area contributed by atoms with Crippen molar-refractivity contribution in [2.24, 2.45) is 0 Å². The Morgan fingerprint density at radius 2 is 2.09 bits per heavy atom.